The van der Waals surface area contributed by atoms with Crippen molar-refractivity contribution < 1.29 is 9.47 Å². The smallest absolute Gasteiger partial charge is 0.160 e. The second-order valence-electron chi connectivity index (χ2n) is 4.57. The second kappa shape index (κ2) is 6.96. The van der Waals surface area contributed by atoms with Crippen LogP contribution in [0.4, 0.5) is 0 Å². The van der Waals surface area contributed by atoms with E-state index in [0.717, 1.165) is 36.8 Å². The molecule has 0 radical (unpaired) electrons. The van der Waals surface area contributed by atoms with Crippen molar-refractivity contribution in [3.63, 3.8) is 0 Å². The molecule has 1 heterocycles. The fraction of sp³-hybridized carbons (Fsp3) is 0.400. The number of methoxy groups -OCH3 is 2. The third-order valence-corrected chi connectivity index (χ3v) is 3.24. The minimum absolute atomic E-state index is 0.761. The molecule has 1 N–H and O–H groups in total. The van der Waals surface area contributed by atoms with Crippen molar-refractivity contribution in [2.24, 2.45) is 7.05 Å². The molecule has 5 heteroatoms. The highest BCUT2D eigenvalue weighted by Gasteiger charge is 2.04. The zero-order valence-electron chi connectivity index (χ0n) is 12.2. The highest BCUT2D eigenvalue weighted by atomic mass is 16.5. The van der Waals surface area contributed by atoms with Gasteiger partial charge in [0.15, 0.2) is 11.5 Å². The lowest BCUT2D eigenvalue weighted by atomic mass is 10.1. The average molecular weight is 275 g/mol. The zero-order chi connectivity index (χ0) is 14.4. The molecule has 0 amide bonds. The average Bonchev–Trinajstić information content (AvgIpc) is 2.88. The monoisotopic (exact) mass is 275 g/mol. The Balaban J connectivity index is 1.83. The first-order valence-electron chi connectivity index (χ1n) is 6.62. The van der Waals surface area contributed by atoms with Crippen LogP contribution < -0.4 is 14.8 Å². The van der Waals surface area contributed by atoms with E-state index in [1.807, 2.05) is 36.1 Å². The molecule has 20 heavy (non-hydrogen) atoms. The summed E-state index contributed by atoms with van der Waals surface area (Å²) in [6, 6.07) is 6.01. The van der Waals surface area contributed by atoms with Gasteiger partial charge in [0.2, 0.25) is 0 Å². The van der Waals surface area contributed by atoms with Crippen LogP contribution in [0.3, 0.4) is 0 Å². The topological polar surface area (TPSA) is 48.3 Å². The van der Waals surface area contributed by atoms with Crippen LogP contribution in [-0.2, 0) is 20.0 Å². The molecule has 2 rings (SSSR count). The number of nitrogens with zero attached hydrogens (tertiary/aromatic N) is 2. The van der Waals surface area contributed by atoms with Gasteiger partial charge in [0.05, 0.1) is 20.8 Å². The summed E-state index contributed by atoms with van der Waals surface area (Å²) in [4.78, 5) is 4.27. The molecule has 0 fully saturated rings. The molecule has 108 valence electrons. The minimum atomic E-state index is 0.761. The molecule has 1 aromatic heterocycles. The zero-order valence-corrected chi connectivity index (χ0v) is 12.2. The van der Waals surface area contributed by atoms with E-state index < -0.39 is 0 Å². The summed E-state index contributed by atoms with van der Waals surface area (Å²) in [7, 11) is 5.30. The molecule has 0 atom stereocenters. The Morgan fingerprint density at radius 3 is 2.65 bits per heavy atom. The Morgan fingerprint density at radius 1 is 1.20 bits per heavy atom. The van der Waals surface area contributed by atoms with Gasteiger partial charge in [-0.25, -0.2) is 4.98 Å². The van der Waals surface area contributed by atoms with Gasteiger partial charge in [0, 0.05) is 19.4 Å². The van der Waals surface area contributed by atoms with Crippen LogP contribution in [0.25, 0.3) is 0 Å². The number of benzene rings is 1. The maximum Gasteiger partial charge on any atom is 0.160 e. The van der Waals surface area contributed by atoms with Crippen molar-refractivity contribution in [2.45, 2.75) is 13.0 Å². The van der Waals surface area contributed by atoms with E-state index in [0.29, 0.717) is 0 Å². The lowest BCUT2D eigenvalue weighted by Crippen LogP contribution is -2.19. The van der Waals surface area contributed by atoms with Gasteiger partial charge < -0.3 is 19.4 Å². The molecule has 0 saturated carbocycles. The van der Waals surface area contributed by atoms with Gasteiger partial charge in [-0.05, 0) is 30.7 Å². The van der Waals surface area contributed by atoms with E-state index >= 15 is 0 Å². The summed E-state index contributed by atoms with van der Waals surface area (Å²) in [6.07, 6.45) is 4.70. The van der Waals surface area contributed by atoms with Gasteiger partial charge >= 0.3 is 0 Å². The lowest BCUT2D eigenvalue weighted by molar-refractivity contribution is 0.354. The number of rotatable bonds is 7. The largest absolute Gasteiger partial charge is 0.493 e. The van der Waals surface area contributed by atoms with Crippen LogP contribution >= 0.6 is 0 Å². The molecule has 0 bridgehead atoms. The van der Waals surface area contributed by atoms with Gasteiger partial charge in [-0.15, -0.1) is 0 Å². The van der Waals surface area contributed by atoms with Crippen LogP contribution in [0.1, 0.15) is 11.4 Å². The predicted octanol–water partition coefficient (Wildman–Crippen LogP) is 1.77. The molecule has 0 saturated heterocycles. The van der Waals surface area contributed by atoms with Crippen LogP contribution in [0, 0.1) is 0 Å². The van der Waals surface area contributed by atoms with E-state index in [-0.39, 0.29) is 0 Å². The van der Waals surface area contributed by atoms with Crippen molar-refractivity contribution >= 4 is 0 Å². The third kappa shape index (κ3) is 3.51. The quantitative estimate of drug-likeness (QED) is 0.782. The summed E-state index contributed by atoms with van der Waals surface area (Å²) < 4.78 is 12.5. The van der Waals surface area contributed by atoms with Crippen LogP contribution in [0.15, 0.2) is 30.6 Å². The number of hydrogen-bond donors (Lipinski definition) is 1. The lowest BCUT2D eigenvalue weighted by Gasteiger charge is -2.10. The van der Waals surface area contributed by atoms with E-state index in [1.54, 1.807) is 14.2 Å². The summed E-state index contributed by atoms with van der Waals surface area (Å²) >= 11 is 0. The minimum Gasteiger partial charge on any atom is -0.493 e. The van der Waals surface area contributed by atoms with Gasteiger partial charge in [-0.2, -0.15) is 0 Å². The fourth-order valence-corrected chi connectivity index (χ4v) is 2.04. The Labute approximate surface area is 119 Å². The molecule has 2 aromatic rings. The van der Waals surface area contributed by atoms with E-state index in [1.165, 1.54) is 5.56 Å². The first kappa shape index (κ1) is 14.4. The normalized spacial score (nSPS) is 10.6. The predicted molar refractivity (Wildman–Crippen MR) is 78.2 cm³/mol. The Kier molecular flexibility index (Phi) is 5.01. The molecule has 0 aliphatic heterocycles. The molecular formula is C15H21N3O2. The standard InChI is InChI=1S/C15H21N3O2/c1-18-9-8-17-15(18)11-16-7-6-12-4-5-13(19-2)14(10-12)20-3/h4-5,8-10,16H,6-7,11H2,1-3H3. The van der Waals surface area contributed by atoms with Crippen LogP contribution in [0.2, 0.25) is 0 Å². The third-order valence-electron chi connectivity index (χ3n) is 3.24. The number of imidazole rings is 1. The highest BCUT2D eigenvalue weighted by molar-refractivity contribution is 5.42. The molecule has 1 aromatic carbocycles. The van der Waals surface area contributed by atoms with Crippen molar-refractivity contribution in [2.75, 3.05) is 20.8 Å². The first-order valence-corrected chi connectivity index (χ1v) is 6.62. The first-order chi connectivity index (χ1) is 9.74. The molecule has 0 aliphatic carbocycles. The van der Waals surface area contributed by atoms with E-state index in [9.17, 15) is 0 Å². The summed E-state index contributed by atoms with van der Waals surface area (Å²) in [5.41, 5.74) is 1.22. The molecule has 0 aliphatic rings. The van der Waals surface area contributed by atoms with Crippen molar-refractivity contribution in [1.82, 2.24) is 14.9 Å². The van der Waals surface area contributed by atoms with Gasteiger partial charge in [0.1, 0.15) is 5.82 Å². The summed E-state index contributed by atoms with van der Waals surface area (Å²) in [6.45, 7) is 1.67. The number of nitrogens with one attached hydrogen (secondary N) is 1. The highest BCUT2D eigenvalue weighted by Crippen LogP contribution is 2.27. The van der Waals surface area contributed by atoms with Crippen LogP contribution in [0.5, 0.6) is 11.5 Å². The number of aryl methyl sites for hydroxylation is 1. The van der Waals surface area contributed by atoms with Gasteiger partial charge in [-0.1, -0.05) is 6.07 Å². The number of hydrogen-bond acceptors (Lipinski definition) is 4. The van der Waals surface area contributed by atoms with Crippen LogP contribution in [-0.4, -0.2) is 30.3 Å². The maximum atomic E-state index is 5.30. The van der Waals surface area contributed by atoms with Gasteiger partial charge in [0.25, 0.3) is 0 Å². The van der Waals surface area contributed by atoms with E-state index in [2.05, 4.69) is 16.4 Å². The fourth-order valence-electron chi connectivity index (χ4n) is 2.04. The molecule has 0 spiro atoms. The maximum absolute atomic E-state index is 5.30. The number of aromatic nitrogens is 2. The molecular weight excluding hydrogens is 254 g/mol. The Bertz CT molecular complexity index is 552. The van der Waals surface area contributed by atoms with Gasteiger partial charge in [-0.3, -0.25) is 0 Å². The second-order valence-corrected chi connectivity index (χ2v) is 4.57. The summed E-state index contributed by atoms with van der Waals surface area (Å²) in [5.74, 6) is 2.57. The molecule has 0 unspecified atom stereocenters. The van der Waals surface area contributed by atoms with Crippen molar-refractivity contribution in [1.29, 1.82) is 0 Å². The number of ether oxygens (including phenoxy) is 2. The Morgan fingerprint density at radius 2 is 2.00 bits per heavy atom. The van der Waals surface area contributed by atoms with Crippen molar-refractivity contribution in [3.05, 3.63) is 42.0 Å². The summed E-state index contributed by atoms with van der Waals surface area (Å²) in [5, 5.41) is 3.39. The molecule has 5 nitrogen and oxygen atoms in total. The SMILES string of the molecule is COc1ccc(CCNCc2nccn2C)cc1OC. The van der Waals surface area contributed by atoms with E-state index in [4.69, 9.17) is 9.47 Å². The Hall–Kier alpha value is -2.01. The van der Waals surface area contributed by atoms with Crippen molar-refractivity contribution in [3.8, 4) is 11.5 Å².